The number of carbonyl (C=O) groups excluding carboxylic acids is 2. The second kappa shape index (κ2) is 7.67. The smallest absolute Gasteiger partial charge is 0.261 e. The Balaban J connectivity index is 1.33. The zero-order valence-corrected chi connectivity index (χ0v) is 15.3. The number of tetrazole rings is 1. The average Bonchev–Trinajstić information content (AvgIpc) is 3.17. The number of carbonyl (C=O) groups is 2. The van der Waals surface area contributed by atoms with Gasteiger partial charge < -0.3 is 10.6 Å². The first-order valence-electron chi connectivity index (χ1n) is 8.70. The van der Waals surface area contributed by atoms with Gasteiger partial charge in [-0.2, -0.15) is 0 Å². The average molecular weight is 382 g/mol. The van der Waals surface area contributed by atoms with Gasteiger partial charge in [-0.1, -0.05) is 18.2 Å². The topological polar surface area (TPSA) is 102 Å². The molecule has 0 unspecified atom stereocenters. The number of nitrogens with zero attached hydrogens (tertiary/aromatic N) is 4. The molecule has 0 radical (unpaired) electrons. The molecule has 1 saturated carbocycles. The minimum absolute atomic E-state index is 0.160. The van der Waals surface area contributed by atoms with Crippen LogP contribution in [-0.4, -0.2) is 38.6 Å². The Morgan fingerprint density at radius 1 is 1.22 bits per heavy atom. The van der Waals surface area contributed by atoms with Crippen LogP contribution in [0.25, 0.3) is 11.4 Å². The van der Waals surface area contributed by atoms with Crippen LogP contribution >= 0.6 is 11.3 Å². The van der Waals surface area contributed by atoms with Crippen LogP contribution in [0.15, 0.2) is 41.8 Å². The molecule has 1 fully saturated rings. The van der Waals surface area contributed by atoms with E-state index >= 15 is 0 Å². The number of benzene rings is 1. The van der Waals surface area contributed by atoms with Crippen molar-refractivity contribution in [2.24, 2.45) is 0 Å². The van der Waals surface area contributed by atoms with Crippen molar-refractivity contribution in [2.45, 2.75) is 25.3 Å². The van der Waals surface area contributed by atoms with Crippen molar-refractivity contribution in [1.29, 1.82) is 0 Å². The highest BCUT2D eigenvalue weighted by atomic mass is 32.1. The lowest BCUT2D eigenvalue weighted by atomic mass is 10.2. The molecular weight excluding hydrogens is 364 g/mol. The number of thiophene rings is 1. The number of hydrogen-bond donors (Lipinski definition) is 2. The molecule has 27 heavy (non-hydrogen) atoms. The molecule has 1 aliphatic carbocycles. The van der Waals surface area contributed by atoms with Gasteiger partial charge in [0.05, 0.1) is 10.9 Å². The van der Waals surface area contributed by atoms with Crippen molar-refractivity contribution in [3.8, 4) is 11.4 Å². The van der Waals surface area contributed by atoms with Crippen LogP contribution in [0.3, 0.4) is 0 Å². The van der Waals surface area contributed by atoms with E-state index in [1.165, 1.54) is 11.3 Å². The lowest BCUT2D eigenvalue weighted by Crippen LogP contribution is -2.27. The Bertz CT molecular complexity index is 948. The predicted octanol–water partition coefficient (Wildman–Crippen LogP) is 2.50. The highest BCUT2D eigenvalue weighted by Gasteiger charge is 2.28. The Morgan fingerprint density at radius 2 is 2.11 bits per heavy atom. The molecule has 1 aliphatic rings. The van der Waals surface area contributed by atoms with Crippen LogP contribution in [-0.2, 0) is 4.79 Å². The number of nitrogens with one attached hydrogen (secondary N) is 2. The molecule has 138 valence electrons. The summed E-state index contributed by atoms with van der Waals surface area (Å²) >= 11 is 1.37. The summed E-state index contributed by atoms with van der Waals surface area (Å²) in [6, 6.07) is 11.4. The van der Waals surface area contributed by atoms with Gasteiger partial charge in [-0.3, -0.25) is 9.59 Å². The third-order valence-corrected chi connectivity index (χ3v) is 5.04. The molecule has 0 atom stereocenters. The van der Waals surface area contributed by atoms with E-state index in [-0.39, 0.29) is 24.8 Å². The van der Waals surface area contributed by atoms with Crippen molar-refractivity contribution in [1.82, 2.24) is 25.5 Å². The maximum atomic E-state index is 12.2. The molecule has 3 aromatic rings. The molecule has 9 heteroatoms. The van der Waals surface area contributed by atoms with Crippen LogP contribution in [0.5, 0.6) is 0 Å². The van der Waals surface area contributed by atoms with Crippen LogP contribution in [0.2, 0.25) is 0 Å². The number of anilines is 1. The Kier molecular flexibility index (Phi) is 4.93. The van der Waals surface area contributed by atoms with Crippen molar-refractivity contribution in [3.63, 3.8) is 0 Å². The number of hydrogen-bond acceptors (Lipinski definition) is 6. The van der Waals surface area contributed by atoms with Gasteiger partial charge in [-0.15, -0.1) is 16.4 Å². The first-order chi connectivity index (χ1) is 13.2. The highest BCUT2D eigenvalue weighted by Crippen LogP contribution is 2.36. The van der Waals surface area contributed by atoms with E-state index in [0.717, 1.165) is 18.4 Å². The molecule has 0 saturated heterocycles. The molecule has 2 aromatic heterocycles. The summed E-state index contributed by atoms with van der Waals surface area (Å²) in [7, 11) is 0. The van der Waals surface area contributed by atoms with Crippen molar-refractivity contribution < 1.29 is 9.59 Å². The van der Waals surface area contributed by atoms with Crippen LogP contribution in [0, 0.1) is 0 Å². The number of rotatable bonds is 7. The lowest BCUT2D eigenvalue weighted by molar-refractivity contribution is -0.116. The Hall–Kier alpha value is -3.07. The zero-order chi connectivity index (χ0) is 18.6. The molecule has 0 spiro atoms. The summed E-state index contributed by atoms with van der Waals surface area (Å²) in [4.78, 5) is 24.7. The molecule has 4 rings (SSSR count). The van der Waals surface area contributed by atoms with Gasteiger partial charge in [0.15, 0.2) is 5.82 Å². The van der Waals surface area contributed by atoms with E-state index in [0.29, 0.717) is 22.4 Å². The van der Waals surface area contributed by atoms with Gasteiger partial charge in [0, 0.05) is 24.2 Å². The summed E-state index contributed by atoms with van der Waals surface area (Å²) in [5.41, 5.74) is 1.53. The first kappa shape index (κ1) is 17.3. The fourth-order valence-corrected chi connectivity index (χ4v) is 3.33. The van der Waals surface area contributed by atoms with Crippen LogP contribution in [0.1, 0.15) is 35.0 Å². The van der Waals surface area contributed by atoms with Crippen LogP contribution < -0.4 is 10.6 Å². The standard InChI is InChI=1S/C18H18N6O2S/c25-16(8-9-19-18(26)15-5-2-10-27-15)20-13-4-1-3-12(11-13)17-21-22-23-24(17)14-6-7-14/h1-5,10-11,14H,6-9H2,(H,19,26)(H,20,25). The maximum Gasteiger partial charge on any atom is 0.261 e. The van der Waals surface area contributed by atoms with Crippen molar-refractivity contribution in [2.75, 3.05) is 11.9 Å². The maximum absolute atomic E-state index is 12.2. The summed E-state index contributed by atoms with van der Waals surface area (Å²) < 4.78 is 1.83. The molecule has 8 nitrogen and oxygen atoms in total. The largest absolute Gasteiger partial charge is 0.351 e. The molecule has 2 N–H and O–H groups in total. The van der Waals surface area contributed by atoms with E-state index in [9.17, 15) is 9.59 Å². The number of amides is 2. The van der Waals surface area contributed by atoms with Gasteiger partial charge in [0.1, 0.15) is 0 Å². The van der Waals surface area contributed by atoms with Gasteiger partial charge in [0.25, 0.3) is 5.91 Å². The van der Waals surface area contributed by atoms with Gasteiger partial charge in [-0.25, -0.2) is 4.68 Å². The second-order valence-corrected chi connectivity index (χ2v) is 7.24. The minimum Gasteiger partial charge on any atom is -0.351 e. The third kappa shape index (κ3) is 4.20. The normalized spacial score (nSPS) is 13.3. The molecule has 1 aromatic carbocycles. The van der Waals surface area contributed by atoms with E-state index in [1.54, 1.807) is 6.07 Å². The Morgan fingerprint density at radius 3 is 2.89 bits per heavy atom. The molecule has 0 bridgehead atoms. The SMILES string of the molecule is O=C(CCNC(=O)c1cccs1)Nc1cccc(-c2nnnn2C2CC2)c1. The van der Waals surface area contributed by atoms with Crippen molar-refractivity contribution in [3.05, 3.63) is 46.7 Å². The molecule has 2 amide bonds. The fraction of sp³-hybridized carbons (Fsp3) is 0.278. The molecular formula is C18H18N6O2S. The summed E-state index contributed by atoms with van der Waals surface area (Å²) in [5, 5.41) is 19.4. The van der Waals surface area contributed by atoms with Gasteiger partial charge >= 0.3 is 0 Å². The summed E-state index contributed by atoms with van der Waals surface area (Å²) in [6.45, 7) is 0.280. The van der Waals surface area contributed by atoms with E-state index in [4.69, 9.17) is 0 Å². The van der Waals surface area contributed by atoms with Crippen LogP contribution in [0.4, 0.5) is 5.69 Å². The summed E-state index contributed by atoms with van der Waals surface area (Å²) in [5.74, 6) is 0.379. The minimum atomic E-state index is -0.166. The number of aromatic nitrogens is 4. The lowest BCUT2D eigenvalue weighted by Gasteiger charge is -2.08. The quantitative estimate of drug-likeness (QED) is 0.654. The van der Waals surface area contributed by atoms with E-state index < -0.39 is 0 Å². The van der Waals surface area contributed by atoms with E-state index in [1.807, 2.05) is 40.4 Å². The fourth-order valence-electron chi connectivity index (χ4n) is 2.69. The third-order valence-electron chi connectivity index (χ3n) is 4.17. The monoisotopic (exact) mass is 382 g/mol. The second-order valence-electron chi connectivity index (χ2n) is 6.29. The Labute approximate surface area is 159 Å². The zero-order valence-electron chi connectivity index (χ0n) is 14.5. The highest BCUT2D eigenvalue weighted by molar-refractivity contribution is 7.12. The predicted molar refractivity (Wildman–Crippen MR) is 101 cm³/mol. The van der Waals surface area contributed by atoms with Gasteiger partial charge in [-0.05, 0) is 46.8 Å². The van der Waals surface area contributed by atoms with Gasteiger partial charge in [0.2, 0.25) is 5.91 Å². The molecule has 0 aliphatic heterocycles. The molecule has 2 heterocycles. The first-order valence-corrected chi connectivity index (χ1v) is 9.58. The van der Waals surface area contributed by atoms with Crippen molar-refractivity contribution >= 4 is 28.8 Å². The summed E-state index contributed by atoms with van der Waals surface area (Å²) in [6.07, 6.45) is 2.37. The van der Waals surface area contributed by atoms with E-state index in [2.05, 4.69) is 26.2 Å².